The van der Waals surface area contributed by atoms with Gasteiger partial charge in [0.1, 0.15) is 0 Å². The van der Waals surface area contributed by atoms with Gasteiger partial charge < -0.3 is 16.0 Å². The largest absolute Gasteiger partial charge is 0.350 e. The summed E-state index contributed by atoms with van der Waals surface area (Å²) in [5.74, 6) is 1.60. The van der Waals surface area contributed by atoms with Crippen LogP contribution < -0.4 is 16.0 Å². The van der Waals surface area contributed by atoms with E-state index < -0.39 is 0 Å². The first kappa shape index (κ1) is 18.2. The molecular formula is C19H31N3O3. The van der Waals surface area contributed by atoms with Crippen molar-refractivity contribution in [3.63, 3.8) is 0 Å². The molecule has 0 aromatic heterocycles. The number of hydrogen-bond acceptors (Lipinski definition) is 3. The molecule has 0 radical (unpaired) electrons. The Balaban J connectivity index is 1.43. The third kappa shape index (κ3) is 4.33. The number of hydrogen-bond donors (Lipinski definition) is 3. The van der Waals surface area contributed by atoms with Crippen molar-refractivity contribution in [1.82, 2.24) is 16.0 Å². The Bertz CT molecular complexity index is 529. The lowest BCUT2D eigenvalue weighted by Crippen LogP contribution is -2.55. The topological polar surface area (TPSA) is 87.3 Å². The molecule has 3 N–H and O–H groups in total. The summed E-state index contributed by atoms with van der Waals surface area (Å²) in [6.45, 7) is 5.54. The lowest BCUT2D eigenvalue weighted by atomic mass is 9.49. The van der Waals surface area contributed by atoms with Crippen molar-refractivity contribution in [3.8, 4) is 0 Å². The van der Waals surface area contributed by atoms with Gasteiger partial charge in [0, 0.05) is 11.0 Å². The second-order valence-electron chi connectivity index (χ2n) is 9.46. The molecule has 4 saturated carbocycles. The van der Waals surface area contributed by atoms with E-state index in [-0.39, 0.29) is 41.8 Å². The molecule has 0 heterocycles. The number of amides is 3. The second-order valence-corrected chi connectivity index (χ2v) is 9.46. The summed E-state index contributed by atoms with van der Waals surface area (Å²) < 4.78 is 0. The van der Waals surface area contributed by atoms with Gasteiger partial charge in [-0.3, -0.25) is 14.4 Å². The van der Waals surface area contributed by atoms with Crippen LogP contribution in [-0.4, -0.2) is 36.3 Å². The van der Waals surface area contributed by atoms with Gasteiger partial charge in [-0.15, -0.1) is 0 Å². The molecule has 0 aromatic rings. The summed E-state index contributed by atoms with van der Waals surface area (Å²) in [5.41, 5.74) is -0.562. The van der Waals surface area contributed by atoms with Gasteiger partial charge >= 0.3 is 0 Å². The first-order valence-electron chi connectivity index (χ1n) is 9.51. The molecule has 0 saturated heterocycles. The molecule has 140 valence electrons. The Morgan fingerprint density at radius 3 is 1.80 bits per heavy atom. The average Bonchev–Trinajstić information content (AvgIpc) is 2.47. The SMILES string of the molecule is CC(C)(C)NC(=O)CNC(=O)CNC(=O)C12CC3CC(CC(C3)C1)C2. The highest BCUT2D eigenvalue weighted by molar-refractivity contribution is 5.90. The molecule has 3 amide bonds. The average molecular weight is 349 g/mol. The minimum Gasteiger partial charge on any atom is -0.350 e. The van der Waals surface area contributed by atoms with Gasteiger partial charge in [0.25, 0.3) is 0 Å². The van der Waals surface area contributed by atoms with Crippen molar-refractivity contribution in [1.29, 1.82) is 0 Å². The molecule has 0 aliphatic heterocycles. The molecule has 4 fully saturated rings. The van der Waals surface area contributed by atoms with E-state index in [4.69, 9.17) is 0 Å². The highest BCUT2D eigenvalue weighted by atomic mass is 16.2. The second kappa shape index (κ2) is 6.61. The highest BCUT2D eigenvalue weighted by Crippen LogP contribution is 2.60. The quantitative estimate of drug-likeness (QED) is 0.700. The molecule has 25 heavy (non-hydrogen) atoms. The minimum absolute atomic E-state index is 0.0425. The van der Waals surface area contributed by atoms with E-state index in [0.717, 1.165) is 19.3 Å². The zero-order valence-corrected chi connectivity index (χ0v) is 15.6. The van der Waals surface area contributed by atoms with Crippen LogP contribution in [0, 0.1) is 23.2 Å². The van der Waals surface area contributed by atoms with E-state index in [1.165, 1.54) is 19.3 Å². The molecule has 4 bridgehead atoms. The van der Waals surface area contributed by atoms with E-state index in [0.29, 0.717) is 17.8 Å². The van der Waals surface area contributed by atoms with Crippen LogP contribution in [-0.2, 0) is 14.4 Å². The Hall–Kier alpha value is -1.59. The van der Waals surface area contributed by atoms with Crippen molar-refractivity contribution in [2.45, 2.75) is 64.8 Å². The molecule has 6 nitrogen and oxygen atoms in total. The van der Waals surface area contributed by atoms with Gasteiger partial charge in [-0.1, -0.05) is 0 Å². The van der Waals surface area contributed by atoms with Crippen molar-refractivity contribution in [2.24, 2.45) is 23.2 Å². The van der Waals surface area contributed by atoms with E-state index in [1.54, 1.807) is 0 Å². The van der Waals surface area contributed by atoms with Crippen LogP contribution in [0.15, 0.2) is 0 Å². The van der Waals surface area contributed by atoms with Gasteiger partial charge in [0.05, 0.1) is 13.1 Å². The summed E-state index contributed by atoms with van der Waals surface area (Å²) in [6.07, 6.45) is 6.82. The summed E-state index contributed by atoms with van der Waals surface area (Å²) >= 11 is 0. The lowest BCUT2D eigenvalue weighted by Gasteiger charge is -2.55. The zero-order chi connectivity index (χ0) is 18.2. The molecule has 4 aliphatic rings. The van der Waals surface area contributed by atoms with Crippen LogP contribution in [0.4, 0.5) is 0 Å². The smallest absolute Gasteiger partial charge is 0.239 e. The van der Waals surface area contributed by atoms with Crippen LogP contribution >= 0.6 is 0 Å². The zero-order valence-electron chi connectivity index (χ0n) is 15.6. The van der Waals surface area contributed by atoms with E-state index in [1.807, 2.05) is 20.8 Å². The predicted octanol–water partition coefficient (Wildman–Crippen LogP) is 1.35. The van der Waals surface area contributed by atoms with E-state index >= 15 is 0 Å². The van der Waals surface area contributed by atoms with Gasteiger partial charge in [-0.25, -0.2) is 0 Å². The van der Waals surface area contributed by atoms with Gasteiger partial charge in [-0.2, -0.15) is 0 Å². The normalized spacial score (nSPS) is 33.0. The molecule has 4 rings (SSSR count). The van der Waals surface area contributed by atoms with Crippen LogP contribution in [0.3, 0.4) is 0 Å². The van der Waals surface area contributed by atoms with E-state index in [2.05, 4.69) is 16.0 Å². The van der Waals surface area contributed by atoms with Gasteiger partial charge in [0.15, 0.2) is 0 Å². The molecule has 0 spiro atoms. The lowest BCUT2D eigenvalue weighted by molar-refractivity contribution is -0.147. The Labute approximate surface area is 149 Å². The number of nitrogens with one attached hydrogen (secondary N) is 3. The van der Waals surface area contributed by atoms with Crippen LogP contribution in [0.1, 0.15) is 59.3 Å². The van der Waals surface area contributed by atoms with Crippen LogP contribution in [0.5, 0.6) is 0 Å². The maximum absolute atomic E-state index is 12.8. The minimum atomic E-state index is -0.325. The summed E-state index contributed by atoms with van der Waals surface area (Å²) in [5, 5.41) is 8.18. The summed E-state index contributed by atoms with van der Waals surface area (Å²) in [6, 6.07) is 0. The van der Waals surface area contributed by atoms with E-state index in [9.17, 15) is 14.4 Å². The summed E-state index contributed by atoms with van der Waals surface area (Å²) in [4.78, 5) is 36.4. The Morgan fingerprint density at radius 2 is 1.32 bits per heavy atom. The van der Waals surface area contributed by atoms with Gasteiger partial charge in [0.2, 0.25) is 17.7 Å². The molecule has 4 aliphatic carbocycles. The van der Waals surface area contributed by atoms with Gasteiger partial charge in [-0.05, 0) is 77.0 Å². The van der Waals surface area contributed by atoms with Crippen LogP contribution in [0.2, 0.25) is 0 Å². The summed E-state index contributed by atoms with van der Waals surface area (Å²) in [7, 11) is 0. The van der Waals surface area contributed by atoms with Crippen molar-refractivity contribution >= 4 is 17.7 Å². The maximum atomic E-state index is 12.8. The van der Waals surface area contributed by atoms with Crippen molar-refractivity contribution < 1.29 is 14.4 Å². The third-order valence-corrected chi connectivity index (χ3v) is 5.89. The third-order valence-electron chi connectivity index (χ3n) is 5.89. The molecular weight excluding hydrogens is 318 g/mol. The highest BCUT2D eigenvalue weighted by Gasteiger charge is 2.54. The fraction of sp³-hybridized carbons (Fsp3) is 0.842. The van der Waals surface area contributed by atoms with Crippen molar-refractivity contribution in [3.05, 3.63) is 0 Å². The number of carbonyl (C=O) groups is 3. The predicted molar refractivity (Wildman–Crippen MR) is 94.5 cm³/mol. The maximum Gasteiger partial charge on any atom is 0.239 e. The number of carbonyl (C=O) groups excluding carboxylic acids is 3. The first-order valence-corrected chi connectivity index (χ1v) is 9.51. The Morgan fingerprint density at radius 1 is 0.840 bits per heavy atom. The first-order chi connectivity index (χ1) is 11.7. The fourth-order valence-corrected chi connectivity index (χ4v) is 5.44. The Kier molecular flexibility index (Phi) is 4.82. The molecule has 6 heteroatoms. The fourth-order valence-electron chi connectivity index (χ4n) is 5.44. The molecule has 0 aromatic carbocycles. The number of rotatable bonds is 5. The molecule has 0 atom stereocenters. The standard InChI is InChI=1S/C19H31N3O3/c1-18(2,3)22-16(24)11-20-15(23)10-21-17(25)19-7-12-4-13(8-19)6-14(5-12)9-19/h12-14H,4-11H2,1-3H3,(H,20,23)(H,21,25)(H,22,24). The monoisotopic (exact) mass is 349 g/mol. The van der Waals surface area contributed by atoms with Crippen LogP contribution in [0.25, 0.3) is 0 Å². The molecule has 0 unspecified atom stereocenters. The van der Waals surface area contributed by atoms with Crippen molar-refractivity contribution in [2.75, 3.05) is 13.1 Å².